The topological polar surface area (TPSA) is 112 Å². The maximum atomic E-state index is 10.9. The normalized spacial score (nSPS) is 10.1. The Kier molecular flexibility index (Phi) is 3.65. The first-order valence-corrected chi connectivity index (χ1v) is 5.72. The molecule has 20 heavy (non-hydrogen) atoms. The fourth-order valence-corrected chi connectivity index (χ4v) is 1.65. The first-order chi connectivity index (χ1) is 9.47. The number of amides is 2. The van der Waals surface area contributed by atoms with E-state index in [0.717, 1.165) is 0 Å². The molecule has 2 aromatic rings. The number of hydrogen-bond acceptors (Lipinski definition) is 5. The van der Waals surface area contributed by atoms with E-state index in [9.17, 15) is 9.59 Å². The molecule has 0 spiro atoms. The van der Waals surface area contributed by atoms with Crippen molar-refractivity contribution in [1.82, 2.24) is 15.0 Å². The van der Waals surface area contributed by atoms with Crippen molar-refractivity contribution in [2.45, 2.75) is 6.92 Å². The van der Waals surface area contributed by atoms with Gasteiger partial charge in [-0.15, -0.1) is 5.10 Å². The highest BCUT2D eigenvalue weighted by molar-refractivity contribution is 5.89. The number of benzene rings is 1. The molecule has 0 radical (unpaired) electrons. The third kappa shape index (κ3) is 2.91. The van der Waals surface area contributed by atoms with Gasteiger partial charge in [0.2, 0.25) is 5.91 Å². The molecule has 1 heterocycles. The Hall–Kier alpha value is -2.90. The average Bonchev–Trinajstić information content (AvgIpc) is 2.71. The Bertz CT molecular complexity index is 648. The van der Waals surface area contributed by atoms with Crippen LogP contribution >= 0.6 is 0 Å². The van der Waals surface area contributed by atoms with E-state index < -0.39 is 6.09 Å². The number of aromatic nitrogens is 3. The first-order valence-electron chi connectivity index (χ1n) is 5.72. The SMILES string of the molecule is CC(=O)Nc1ccc(-c2nnn(C)c2OC(N)=O)cc1. The number of nitrogens with one attached hydrogen (secondary N) is 1. The van der Waals surface area contributed by atoms with Gasteiger partial charge in [0.05, 0.1) is 0 Å². The number of rotatable bonds is 3. The van der Waals surface area contributed by atoms with Crippen LogP contribution in [0.15, 0.2) is 24.3 Å². The van der Waals surface area contributed by atoms with Crippen LogP contribution in [0, 0.1) is 0 Å². The molecule has 1 aromatic carbocycles. The molecular weight excluding hydrogens is 262 g/mol. The van der Waals surface area contributed by atoms with Crippen molar-refractivity contribution in [1.29, 1.82) is 0 Å². The first kappa shape index (κ1) is 13.5. The quantitative estimate of drug-likeness (QED) is 0.864. The molecule has 3 N–H and O–H groups in total. The van der Waals surface area contributed by atoms with Gasteiger partial charge < -0.3 is 15.8 Å². The lowest BCUT2D eigenvalue weighted by Crippen LogP contribution is -2.18. The molecule has 1 aromatic heterocycles. The van der Waals surface area contributed by atoms with Crippen molar-refractivity contribution in [3.05, 3.63) is 24.3 Å². The maximum Gasteiger partial charge on any atom is 0.411 e. The highest BCUT2D eigenvalue weighted by Gasteiger charge is 2.16. The lowest BCUT2D eigenvalue weighted by Gasteiger charge is -2.05. The Morgan fingerprint density at radius 3 is 2.50 bits per heavy atom. The van der Waals surface area contributed by atoms with Crippen molar-refractivity contribution in [2.24, 2.45) is 12.8 Å². The van der Waals surface area contributed by atoms with Gasteiger partial charge in [-0.2, -0.15) is 0 Å². The molecule has 0 aliphatic carbocycles. The molecule has 8 heteroatoms. The number of carbonyl (C=O) groups is 2. The van der Waals surface area contributed by atoms with Crippen molar-refractivity contribution < 1.29 is 14.3 Å². The summed E-state index contributed by atoms with van der Waals surface area (Å²) in [4.78, 5) is 21.8. The number of nitrogens with two attached hydrogens (primary N) is 1. The highest BCUT2D eigenvalue weighted by atomic mass is 16.6. The van der Waals surface area contributed by atoms with Gasteiger partial charge in [-0.25, -0.2) is 9.48 Å². The van der Waals surface area contributed by atoms with E-state index in [2.05, 4.69) is 15.6 Å². The predicted octanol–water partition coefficient (Wildman–Crippen LogP) is 0.898. The van der Waals surface area contributed by atoms with Crippen molar-refractivity contribution in [2.75, 3.05) is 5.32 Å². The molecule has 0 aliphatic heterocycles. The second-order valence-electron chi connectivity index (χ2n) is 4.05. The molecule has 0 saturated carbocycles. The lowest BCUT2D eigenvalue weighted by atomic mass is 10.1. The van der Waals surface area contributed by atoms with Crippen LogP contribution < -0.4 is 15.8 Å². The molecule has 0 atom stereocenters. The van der Waals surface area contributed by atoms with Gasteiger partial charge in [-0.1, -0.05) is 17.3 Å². The summed E-state index contributed by atoms with van der Waals surface area (Å²) in [6, 6.07) is 6.87. The monoisotopic (exact) mass is 275 g/mol. The molecule has 2 amide bonds. The largest absolute Gasteiger partial charge is 0.411 e. The molecule has 0 aliphatic rings. The van der Waals surface area contributed by atoms with Gasteiger partial charge in [-0.3, -0.25) is 4.79 Å². The summed E-state index contributed by atoms with van der Waals surface area (Å²) in [6.45, 7) is 1.43. The number of hydrogen-bond donors (Lipinski definition) is 2. The lowest BCUT2D eigenvalue weighted by molar-refractivity contribution is -0.114. The van der Waals surface area contributed by atoms with Crippen LogP contribution in [-0.2, 0) is 11.8 Å². The minimum Gasteiger partial charge on any atom is -0.389 e. The van der Waals surface area contributed by atoms with Gasteiger partial charge in [0.15, 0.2) is 5.69 Å². The summed E-state index contributed by atoms with van der Waals surface area (Å²) < 4.78 is 6.18. The Morgan fingerprint density at radius 2 is 1.95 bits per heavy atom. The molecule has 0 bridgehead atoms. The Morgan fingerprint density at radius 1 is 1.30 bits per heavy atom. The van der Waals surface area contributed by atoms with E-state index in [-0.39, 0.29) is 11.8 Å². The van der Waals surface area contributed by atoms with Crippen LogP contribution in [0.5, 0.6) is 5.88 Å². The van der Waals surface area contributed by atoms with E-state index in [4.69, 9.17) is 10.5 Å². The van der Waals surface area contributed by atoms with Gasteiger partial charge in [0.1, 0.15) is 0 Å². The van der Waals surface area contributed by atoms with Crippen LogP contribution in [0.3, 0.4) is 0 Å². The van der Waals surface area contributed by atoms with E-state index >= 15 is 0 Å². The molecule has 0 saturated heterocycles. The molecule has 8 nitrogen and oxygen atoms in total. The highest BCUT2D eigenvalue weighted by Crippen LogP contribution is 2.27. The second-order valence-corrected chi connectivity index (χ2v) is 4.05. The predicted molar refractivity (Wildman–Crippen MR) is 71.0 cm³/mol. The van der Waals surface area contributed by atoms with Gasteiger partial charge in [0.25, 0.3) is 5.88 Å². The second kappa shape index (κ2) is 5.39. The fraction of sp³-hybridized carbons (Fsp3) is 0.167. The molecule has 0 unspecified atom stereocenters. The van der Waals surface area contributed by atoms with Crippen molar-refractivity contribution in [3.63, 3.8) is 0 Å². The smallest absolute Gasteiger partial charge is 0.389 e. The standard InChI is InChI=1S/C12H13N5O3/c1-7(18)14-9-5-3-8(4-6-9)10-11(20-12(13)19)17(2)16-15-10/h3-6H,1-2H3,(H2,13,19)(H,14,18). The maximum absolute atomic E-state index is 10.9. The van der Waals surface area contributed by atoms with Crippen LogP contribution in [-0.4, -0.2) is 27.0 Å². The number of carbonyl (C=O) groups excluding carboxylic acids is 2. The summed E-state index contributed by atoms with van der Waals surface area (Å²) in [6.07, 6.45) is -0.938. The zero-order valence-electron chi connectivity index (χ0n) is 11.0. The third-order valence-corrected chi connectivity index (χ3v) is 2.45. The van der Waals surface area contributed by atoms with E-state index in [1.165, 1.54) is 11.6 Å². The van der Waals surface area contributed by atoms with Crippen molar-refractivity contribution >= 4 is 17.7 Å². The van der Waals surface area contributed by atoms with Crippen LogP contribution in [0.25, 0.3) is 11.3 Å². The Labute approximate surface area is 114 Å². The third-order valence-electron chi connectivity index (χ3n) is 2.45. The van der Waals surface area contributed by atoms with Crippen LogP contribution in [0.1, 0.15) is 6.92 Å². The number of anilines is 1. The number of nitrogens with zero attached hydrogens (tertiary/aromatic N) is 3. The number of ether oxygens (including phenoxy) is 1. The number of primary amides is 1. The van der Waals surface area contributed by atoms with Crippen LogP contribution in [0.4, 0.5) is 10.5 Å². The average molecular weight is 275 g/mol. The summed E-state index contributed by atoms with van der Waals surface area (Å²) >= 11 is 0. The summed E-state index contributed by atoms with van der Waals surface area (Å²) in [5, 5.41) is 10.4. The van der Waals surface area contributed by atoms with Gasteiger partial charge >= 0.3 is 6.09 Å². The zero-order valence-corrected chi connectivity index (χ0v) is 11.0. The van der Waals surface area contributed by atoms with Crippen molar-refractivity contribution in [3.8, 4) is 17.1 Å². The summed E-state index contributed by atoms with van der Waals surface area (Å²) in [5.74, 6) is -0.000203. The van der Waals surface area contributed by atoms with Gasteiger partial charge in [-0.05, 0) is 12.1 Å². The fourth-order valence-electron chi connectivity index (χ4n) is 1.65. The molecular formula is C12H13N5O3. The van der Waals surface area contributed by atoms with E-state index in [0.29, 0.717) is 16.9 Å². The minimum absolute atomic E-state index is 0.157. The number of aryl methyl sites for hydroxylation is 1. The zero-order chi connectivity index (χ0) is 14.7. The van der Waals surface area contributed by atoms with E-state index in [1.54, 1.807) is 31.3 Å². The summed E-state index contributed by atoms with van der Waals surface area (Å²) in [5.41, 5.74) is 6.73. The summed E-state index contributed by atoms with van der Waals surface area (Å²) in [7, 11) is 1.58. The Balaban J connectivity index is 2.32. The van der Waals surface area contributed by atoms with E-state index in [1.807, 2.05) is 0 Å². The van der Waals surface area contributed by atoms with Gasteiger partial charge in [0, 0.05) is 25.2 Å². The molecule has 0 fully saturated rings. The minimum atomic E-state index is -0.938. The van der Waals surface area contributed by atoms with Crippen LogP contribution in [0.2, 0.25) is 0 Å². The molecule has 2 rings (SSSR count). The molecule has 104 valence electrons.